The van der Waals surface area contributed by atoms with Gasteiger partial charge in [0.1, 0.15) is 11.8 Å². The number of rotatable bonds is 4. The Morgan fingerprint density at radius 2 is 2.28 bits per heavy atom. The van der Waals surface area contributed by atoms with Gasteiger partial charge in [-0.1, -0.05) is 0 Å². The van der Waals surface area contributed by atoms with Crippen LogP contribution in [0.15, 0.2) is 36.8 Å². The largest absolute Gasteiger partial charge is 0.350 e. The average Bonchev–Trinajstić information content (AvgIpc) is 2.76. The van der Waals surface area contributed by atoms with Gasteiger partial charge in [-0.05, 0) is 42.7 Å². The van der Waals surface area contributed by atoms with Gasteiger partial charge in [-0.15, -0.1) is 0 Å². The van der Waals surface area contributed by atoms with Crippen molar-refractivity contribution in [2.45, 2.75) is 25.9 Å². The molecule has 0 aliphatic carbocycles. The molecule has 0 aliphatic rings. The monoisotopic (exact) mass is 240 g/mol. The first-order chi connectivity index (χ1) is 8.67. The van der Waals surface area contributed by atoms with Crippen LogP contribution in [0.5, 0.6) is 0 Å². The van der Waals surface area contributed by atoms with Crippen molar-refractivity contribution in [2.75, 3.05) is 0 Å². The third-order valence-electron chi connectivity index (χ3n) is 2.67. The van der Waals surface area contributed by atoms with Crippen LogP contribution in [-0.2, 0) is 13.0 Å². The summed E-state index contributed by atoms with van der Waals surface area (Å²) < 4.78 is 2.09. The van der Waals surface area contributed by atoms with Crippen molar-refractivity contribution < 1.29 is 0 Å². The molecule has 2 heterocycles. The van der Waals surface area contributed by atoms with E-state index in [9.17, 15) is 0 Å². The normalized spacial score (nSPS) is 12.1. The summed E-state index contributed by atoms with van der Waals surface area (Å²) in [4.78, 5) is 3.96. The van der Waals surface area contributed by atoms with Gasteiger partial charge in [-0.3, -0.25) is 0 Å². The van der Waals surface area contributed by atoms with Crippen LogP contribution in [0.4, 0.5) is 0 Å². The number of nitriles is 1. The third-order valence-corrected chi connectivity index (χ3v) is 2.67. The molecule has 18 heavy (non-hydrogen) atoms. The lowest BCUT2D eigenvalue weighted by Gasteiger charge is -2.04. The van der Waals surface area contributed by atoms with Crippen molar-refractivity contribution in [3.63, 3.8) is 0 Å². The van der Waals surface area contributed by atoms with Crippen LogP contribution in [0.1, 0.15) is 23.7 Å². The Morgan fingerprint density at radius 1 is 1.44 bits per heavy atom. The van der Waals surface area contributed by atoms with Crippen LogP contribution in [0, 0.1) is 11.3 Å². The summed E-state index contributed by atoms with van der Waals surface area (Å²) in [5, 5.41) is 8.80. The lowest BCUT2D eigenvalue weighted by atomic mass is 10.1. The zero-order valence-electron chi connectivity index (χ0n) is 10.4. The topological polar surface area (TPSA) is 67.6 Å². The van der Waals surface area contributed by atoms with E-state index in [1.807, 2.05) is 31.3 Å². The molecule has 0 aliphatic heterocycles. The Labute approximate surface area is 107 Å². The molecule has 0 aromatic carbocycles. The molecule has 2 aromatic rings. The first kappa shape index (κ1) is 12.3. The molecule has 0 spiro atoms. The summed E-state index contributed by atoms with van der Waals surface area (Å²) in [6.07, 6.45) is 6.67. The lowest BCUT2D eigenvalue weighted by molar-refractivity contribution is 0.731. The Morgan fingerprint density at radius 3 is 3.00 bits per heavy atom. The molecular weight excluding hydrogens is 224 g/mol. The number of hydrogen-bond donors (Lipinski definition) is 1. The number of hydrogen-bond acceptors (Lipinski definition) is 3. The summed E-state index contributed by atoms with van der Waals surface area (Å²) >= 11 is 0. The second kappa shape index (κ2) is 5.48. The highest BCUT2D eigenvalue weighted by Crippen LogP contribution is 2.08. The van der Waals surface area contributed by atoms with Crippen molar-refractivity contribution in [1.82, 2.24) is 9.55 Å². The van der Waals surface area contributed by atoms with Crippen LogP contribution in [0.25, 0.3) is 0 Å². The lowest BCUT2D eigenvalue weighted by Crippen LogP contribution is -2.17. The third kappa shape index (κ3) is 3.19. The maximum absolute atomic E-state index is 8.80. The fourth-order valence-corrected chi connectivity index (χ4v) is 1.93. The molecule has 0 bridgehead atoms. The number of pyridine rings is 1. The highest BCUT2D eigenvalue weighted by atomic mass is 14.9. The molecular formula is C14H16N4. The van der Waals surface area contributed by atoms with E-state index in [2.05, 4.69) is 21.8 Å². The Hall–Kier alpha value is -2.12. The van der Waals surface area contributed by atoms with E-state index in [1.165, 1.54) is 5.56 Å². The SMILES string of the molecule is CC(N)Cc1ccn(Cc2ccnc(C#N)c2)c1. The zero-order valence-corrected chi connectivity index (χ0v) is 10.4. The van der Waals surface area contributed by atoms with Gasteiger partial charge < -0.3 is 10.3 Å². The standard InChI is InChI=1S/C14H16N4/c1-11(16)6-13-3-5-18(10-13)9-12-2-4-17-14(7-12)8-15/h2-5,7,10-11H,6,9,16H2,1H3. The van der Waals surface area contributed by atoms with Crippen LogP contribution in [0.3, 0.4) is 0 Å². The van der Waals surface area contributed by atoms with Crippen molar-refractivity contribution in [2.24, 2.45) is 5.73 Å². The molecule has 2 aromatic heterocycles. The minimum atomic E-state index is 0.173. The van der Waals surface area contributed by atoms with Crippen LogP contribution in [0.2, 0.25) is 0 Å². The molecule has 0 saturated heterocycles. The van der Waals surface area contributed by atoms with Gasteiger partial charge in [-0.2, -0.15) is 5.26 Å². The van der Waals surface area contributed by atoms with Gasteiger partial charge in [0.05, 0.1) is 0 Å². The van der Waals surface area contributed by atoms with E-state index < -0.39 is 0 Å². The number of nitrogens with two attached hydrogens (primary N) is 1. The molecule has 0 amide bonds. The highest BCUT2D eigenvalue weighted by molar-refractivity contribution is 5.26. The second-order valence-electron chi connectivity index (χ2n) is 4.53. The second-order valence-corrected chi connectivity index (χ2v) is 4.53. The summed E-state index contributed by atoms with van der Waals surface area (Å²) in [6.45, 7) is 2.75. The molecule has 1 atom stereocenters. The first-order valence-electron chi connectivity index (χ1n) is 5.92. The molecule has 92 valence electrons. The number of aromatic nitrogens is 2. The van der Waals surface area contributed by atoms with E-state index >= 15 is 0 Å². The molecule has 0 fully saturated rings. The fourth-order valence-electron chi connectivity index (χ4n) is 1.93. The first-order valence-corrected chi connectivity index (χ1v) is 5.92. The van der Waals surface area contributed by atoms with E-state index in [0.717, 1.165) is 18.5 Å². The number of nitrogens with zero attached hydrogens (tertiary/aromatic N) is 3. The molecule has 2 N–H and O–H groups in total. The molecule has 4 heteroatoms. The predicted molar refractivity (Wildman–Crippen MR) is 69.8 cm³/mol. The van der Waals surface area contributed by atoms with Gasteiger partial charge in [0.2, 0.25) is 0 Å². The van der Waals surface area contributed by atoms with E-state index in [1.54, 1.807) is 6.20 Å². The average molecular weight is 240 g/mol. The molecule has 0 radical (unpaired) electrons. The summed E-state index contributed by atoms with van der Waals surface area (Å²) in [7, 11) is 0. The van der Waals surface area contributed by atoms with Gasteiger partial charge in [-0.25, -0.2) is 4.98 Å². The molecule has 0 saturated carbocycles. The van der Waals surface area contributed by atoms with Crippen LogP contribution < -0.4 is 5.73 Å². The Balaban J connectivity index is 2.09. The minimum absolute atomic E-state index is 0.173. The van der Waals surface area contributed by atoms with Crippen LogP contribution in [-0.4, -0.2) is 15.6 Å². The summed E-state index contributed by atoms with van der Waals surface area (Å²) in [6, 6.07) is 8.03. The van der Waals surface area contributed by atoms with Gasteiger partial charge in [0, 0.05) is 31.2 Å². The Bertz CT molecular complexity index is 563. The van der Waals surface area contributed by atoms with Gasteiger partial charge >= 0.3 is 0 Å². The summed E-state index contributed by atoms with van der Waals surface area (Å²) in [5.41, 5.74) is 8.53. The fraction of sp³-hybridized carbons (Fsp3) is 0.286. The quantitative estimate of drug-likeness (QED) is 0.884. The maximum atomic E-state index is 8.80. The minimum Gasteiger partial charge on any atom is -0.350 e. The smallest absolute Gasteiger partial charge is 0.140 e. The van der Waals surface area contributed by atoms with Crippen molar-refractivity contribution >= 4 is 0 Å². The van der Waals surface area contributed by atoms with Crippen molar-refractivity contribution in [3.05, 3.63) is 53.6 Å². The van der Waals surface area contributed by atoms with Crippen molar-refractivity contribution in [3.8, 4) is 6.07 Å². The van der Waals surface area contributed by atoms with Gasteiger partial charge in [0.25, 0.3) is 0 Å². The molecule has 4 nitrogen and oxygen atoms in total. The maximum Gasteiger partial charge on any atom is 0.140 e. The van der Waals surface area contributed by atoms with Crippen molar-refractivity contribution in [1.29, 1.82) is 5.26 Å². The summed E-state index contributed by atoms with van der Waals surface area (Å²) in [5.74, 6) is 0. The predicted octanol–water partition coefficient (Wildman–Crippen LogP) is 1.69. The van der Waals surface area contributed by atoms with E-state index in [-0.39, 0.29) is 6.04 Å². The Kier molecular flexibility index (Phi) is 3.75. The van der Waals surface area contributed by atoms with Crippen LogP contribution >= 0.6 is 0 Å². The zero-order chi connectivity index (χ0) is 13.0. The van der Waals surface area contributed by atoms with E-state index in [4.69, 9.17) is 11.0 Å². The highest BCUT2D eigenvalue weighted by Gasteiger charge is 2.02. The molecule has 1 unspecified atom stereocenters. The molecule has 2 rings (SSSR count). The van der Waals surface area contributed by atoms with E-state index in [0.29, 0.717) is 5.69 Å². The van der Waals surface area contributed by atoms with Gasteiger partial charge in [0.15, 0.2) is 0 Å².